The molecule has 2 rings (SSSR count). The number of hydrogen-bond acceptors (Lipinski definition) is 3. The van der Waals surface area contributed by atoms with Crippen LogP contribution in [0.1, 0.15) is 39.0 Å². The predicted octanol–water partition coefficient (Wildman–Crippen LogP) is 3.51. The number of amides is 3. The summed E-state index contributed by atoms with van der Waals surface area (Å²) in [4.78, 5) is 23.8. The van der Waals surface area contributed by atoms with Crippen LogP contribution in [-0.2, 0) is 4.79 Å². The largest absolute Gasteiger partial charge is 0.478 e. The Hall–Kier alpha value is -1.63. The highest BCUT2D eigenvalue weighted by Crippen LogP contribution is 2.22. The van der Waals surface area contributed by atoms with E-state index in [1.165, 1.54) is 25.5 Å². The Morgan fingerprint density at radius 3 is 2.65 bits per heavy atom. The summed E-state index contributed by atoms with van der Waals surface area (Å²) in [6, 6.07) is 3.85. The molecule has 1 atom stereocenters. The van der Waals surface area contributed by atoms with Crippen molar-refractivity contribution in [3.05, 3.63) is 28.5 Å². The van der Waals surface area contributed by atoms with E-state index in [1.54, 1.807) is 6.07 Å². The Balaban J connectivity index is 1.83. The second-order valence-electron chi connectivity index (χ2n) is 5.63. The van der Waals surface area contributed by atoms with Crippen LogP contribution >= 0.6 is 15.9 Å². The third-order valence-electron chi connectivity index (χ3n) is 3.74. The molecule has 1 fully saturated rings. The summed E-state index contributed by atoms with van der Waals surface area (Å²) in [5.41, 5.74) is 0. The average molecular weight is 387 g/mol. The molecule has 0 unspecified atom stereocenters. The Bertz CT molecular complexity index is 576. The highest BCUT2D eigenvalue weighted by atomic mass is 79.9. The van der Waals surface area contributed by atoms with Gasteiger partial charge in [-0.15, -0.1) is 0 Å². The maximum Gasteiger partial charge on any atom is 0.321 e. The predicted molar refractivity (Wildman–Crippen MR) is 87.7 cm³/mol. The molecule has 1 saturated carbocycles. The number of imide groups is 1. The first-order chi connectivity index (χ1) is 11.0. The van der Waals surface area contributed by atoms with Gasteiger partial charge >= 0.3 is 6.03 Å². The van der Waals surface area contributed by atoms with E-state index in [4.69, 9.17) is 4.74 Å². The van der Waals surface area contributed by atoms with E-state index in [1.807, 2.05) is 0 Å². The molecule has 2 N–H and O–H groups in total. The zero-order valence-corrected chi connectivity index (χ0v) is 14.5. The Morgan fingerprint density at radius 1 is 1.30 bits per heavy atom. The van der Waals surface area contributed by atoms with Crippen molar-refractivity contribution >= 4 is 27.9 Å². The van der Waals surface area contributed by atoms with Gasteiger partial charge in [-0.3, -0.25) is 10.1 Å². The van der Waals surface area contributed by atoms with Gasteiger partial charge in [0.15, 0.2) is 17.7 Å². The Labute approximate surface area is 143 Å². The number of urea groups is 1. The minimum absolute atomic E-state index is 0.0384. The number of hydrogen-bond donors (Lipinski definition) is 2. The number of carbonyl (C=O) groups is 2. The van der Waals surface area contributed by atoms with E-state index in [-0.39, 0.29) is 11.8 Å². The van der Waals surface area contributed by atoms with Gasteiger partial charge in [0.2, 0.25) is 0 Å². The number of carbonyl (C=O) groups excluding carboxylic acids is 2. The molecule has 23 heavy (non-hydrogen) atoms. The van der Waals surface area contributed by atoms with Crippen LogP contribution in [0.5, 0.6) is 5.75 Å². The fourth-order valence-corrected chi connectivity index (χ4v) is 2.83. The van der Waals surface area contributed by atoms with Gasteiger partial charge in [-0.2, -0.15) is 0 Å². The minimum atomic E-state index is -0.984. The van der Waals surface area contributed by atoms with Crippen molar-refractivity contribution in [2.75, 3.05) is 0 Å². The summed E-state index contributed by atoms with van der Waals surface area (Å²) in [5, 5.41) is 5.01. The lowest BCUT2D eigenvalue weighted by Crippen LogP contribution is -2.48. The average Bonchev–Trinajstić information content (AvgIpc) is 2.50. The van der Waals surface area contributed by atoms with Crippen molar-refractivity contribution in [3.8, 4) is 5.75 Å². The van der Waals surface area contributed by atoms with Crippen molar-refractivity contribution < 1.29 is 18.7 Å². The van der Waals surface area contributed by atoms with Crippen LogP contribution in [-0.4, -0.2) is 24.1 Å². The summed E-state index contributed by atoms with van der Waals surface area (Å²) >= 11 is 3.14. The van der Waals surface area contributed by atoms with Gasteiger partial charge in [-0.1, -0.05) is 35.2 Å². The molecule has 1 aliphatic rings. The Morgan fingerprint density at radius 2 is 2.00 bits per heavy atom. The van der Waals surface area contributed by atoms with E-state index >= 15 is 0 Å². The molecular formula is C16H20BrFN2O3. The van der Waals surface area contributed by atoms with Crippen LogP contribution in [0.4, 0.5) is 9.18 Å². The fraction of sp³-hybridized carbons (Fsp3) is 0.500. The second kappa shape index (κ2) is 8.29. The number of benzene rings is 1. The number of ether oxygens (including phenoxy) is 1. The van der Waals surface area contributed by atoms with E-state index < -0.39 is 23.9 Å². The van der Waals surface area contributed by atoms with Crippen LogP contribution in [0, 0.1) is 5.82 Å². The van der Waals surface area contributed by atoms with Crippen LogP contribution < -0.4 is 15.4 Å². The molecule has 0 aromatic heterocycles. The summed E-state index contributed by atoms with van der Waals surface area (Å²) in [7, 11) is 0. The fourth-order valence-electron chi connectivity index (χ4n) is 2.50. The van der Waals surface area contributed by atoms with Gasteiger partial charge in [-0.05, 0) is 38.0 Å². The maximum absolute atomic E-state index is 13.7. The summed E-state index contributed by atoms with van der Waals surface area (Å²) < 4.78 is 19.5. The quantitative estimate of drug-likeness (QED) is 0.831. The monoisotopic (exact) mass is 386 g/mol. The van der Waals surface area contributed by atoms with Crippen molar-refractivity contribution in [1.29, 1.82) is 0 Å². The topological polar surface area (TPSA) is 67.4 Å². The highest BCUT2D eigenvalue weighted by molar-refractivity contribution is 9.10. The molecule has 0 saturated heterocycles. The molecule has 0 heterocycles. The second-order valence-corrected chi connectivity index (χ2v) is 6.55. The third-order valence-corrected chi connectivity index (χ3v) is 4.24. The van der Waals surface area contributed by atoms with Crippen LogP contribution in [0.2, 0.25) is 0 Å². The number of halogens is 2. The van der Waals surface area contributed by atoms with Crippen molar-refractivity contribution in [2.45, 2.75) is 51.2 Å². The standard InChI is InChI=1S/C16H20BrFN2O3/c1-10(23-14-8-7-11(17)9-13(14)18)15(21)20-16(22)19-12-5-3-2-4-6-12/h7-10,12H,2-6H2,1H3,(H2,19,20,21,22)/t10-/m0/s1. The van der Waals surface area contributed by atoms with Gasteiger partial charge in [0, 0.05) is 10.5 Å². The molecule has 126 valence electrons. The molecule has 0 spiro atoms. The SMILES string of the molecule is C[C@H](Oc1ccc(Br)cc1F)C(=O)NC(=O)NC1CCCCC1. The minimum Gasteiger partial charge on any atom is -0.478 e. The summed E-state index contributed by atoms with van der Waals surface area (Å²) in [6.07, 6.45) is 4.23. The van der Waals surface area contributed by atoms with Crippen molar-refractivity contribution in [1.82, 2.24) is 10.6 Å². The normalized spacial score (nSPS) is 16.5. The molecule has 5 nitrogen and oxygen atoms in total. The van der Waals surface area contributed by atoms with Gasteiger partial charge in [0.1, 0.15) is 0 Å². The maximum atomic E-state index is 13.7. The van der Waals surface area contributed by atoms with Crippen LogP contribution in [0.3, 0.4) is 0 Å². The van der Waals surface area contributed by atoms with E-state index in [9.17, 15) is 14.0 Å². The van der Waals surface area contributed by atoms with Gasteiger partial charge in [-0.25, -0.2) is 9.18 Å². The molecule has 0 bridgehead atoms. The first-order valence-corrected chi connectivity index (χ1v) is 8.48. The van der Waals surface area contributed by atoms with Gasteiger partial charge < -0.3 is 10.1 Å². The van der Waals surface area contributed by atoms with Crippen molar-refractivity contribution in [2.24, 2.45) is 0 Å². The molecule has 1 aromatic carbocycles. The van der Waals surface area contributed by atoms with Crippen LogP contribution in [0.25, 0.3) is 0 Å². The lowest BCUT2D eigenvalue weighted by Gasteiger charge is -2.23. The smallest absolute Gasteiger partial charge is 0.321 e. The number of nitrogens with one attached hydrogen (secondary N) is 2. The lowest BCUT2D eigenvalue weighted by molar-refractivity contribution is -0.126. The molecule has 0 aliphatic heterocycles. The first kappa shape index (κ1) is 17.7. The van der Waals surface area contributed by atoms with Gasteiger partial charge in [0.05, 0.1) is 0 Å². The lowest BCUT2D eigenvalue weighted by atomic mass is 9.96. The number of rotatable bonds is 4. The first-order valence-electron chi connectivity index (χ1n) is 7.69. The summed E-state index contributed by atoms with van der Waals surface area (Å²) in [5.74, 6) is -1.23. The molecule has 3 amide bonds. The molecule has 7 heteroatoms. The highest BCUT2D eigenvalue weighted by Gasteiger charge is 2.21. The third kappa shape index (κ3) is 5.49. The van der Waals surface area contributed by atoms with Crippen LogP contribution in [0.15, 0.2) is 22.7 Å². The van der Waals surface area contributed by atoms with Gasteiger partial charge in [0.25, 0.3) is 5.91 Å². The van der Waals surface area contributed by atoms with E-state index in [2.05, 4.69) is 26.6 Å². The molecule has 1 aliphatic carbocycles. The summed E-state index contributed by atoms with van der Waals surface area (Å²) in [6.45, 7) is 1.46. The molecule has 1 aromatic rings. The van der Waals surface area contributed by atoms with E-state index in [0.717, 1.165) is 25.7 Å². The molecular weight excluding hydrogens is 367 g/mol. The van der Waals surface area contributed by atoms with E-state index in [0.29, 0.717) is 4.47 Å². The Kier molecular flexibility index (Phi) is 6.38. The zero-order valence-electron chi connectivity index (χ0n) is 12.9. The zero-order chi connectivity index (χ0) is 16.8. The molecule has 0 radical (unpaired) electrons. The van der Waals surface area contributed by atoms with Crippen molar-refractivity contribution in [3.63, 3.8) is 0 Å².